The smallest absolute Gasteiger partial charge is 0.320 e. The van der Waals surface area contributed by atoms with Gasteiger partial charge in [-0.05, 0) is 39.3 Å². The van der Waals surface area contributed by atoms with Crippen LogP contribution in [0.2, 0.25) is 0 Å². The highest BCUT2D eigenvalue weighted by molar-refractivity contribution is 5.91. The van der Waals surface area contributed by atoms with Crippen LogP contribution in [0.25, 0.3) is 23.0 Å². The molecule has 7 nitrogen and oxygen atoms in total. The Bertz CT molecular complexity index is 982. The number of pyridine rings is 1. The highest BCUT2D eigenvalue weighted by Gasteiger charge is 2.19. The topological polar surface area (TPSA) is 75.1 Å². The highest BCUT2D eigenvalue weighted by atomic mass is 16.2. The second-order valence-electron chi connectivity index (χ2n) is 7.11. The van der Waals surface area contributed by atoms with Gasteiger partial charge in [-0.2, -0.15) is 5.10 Å². The zero-order valence-corrected chi connectivity index (χ0v) is 18.9. The van der Waals surface area contributed by atoms with E-state index in [-0.39, 0.29) is 6.03 Å². The molecule has 7 heteroatoms. The van der Waals surface area contributed by atoms with Crippen LogP contribution in [0.15, 0.2) is 36.6 Å². The molecule has 0 bridgehead atoms. The number of amides is 2. The van der Waals surface area contributed by atoms with Crippen molar-refractivity contribution in [3.8, 4) is 11.3 Å². The fourth-order valence-electron chi connectivity index (χ4n) is 2.99. The SMILES string of the molecule is C/C=C\C=C(/C)n1nc(-c2cnc(N(C)C)c(/C=C/CC)c2)c(C)c1NC(=O)NC. The highest BCUT2D eigenvalue weighted by Crippen LogP contribution is 2.32. The first kappa shape index (κ1) is 22.9. The second kappa shape index (κ2) is 10.4. The Morgan fingerprint density at radius 3 is 2.67 bits per heavy atom. The summed E-state index contributed by atoms with van der Waals surface area (Å²) in [5.41, 5.74) is 4.45. The van der Waals surface area contributed by atoms with Crippen LogP contribution in [-0.2, 0) is 0 Å². The Morgan fingerprint density at radius 1 is 1.33 bits per heavy atom. The Morgan fingerprint density at radius 2 is 2.07 bits per heavy atom. The molecule has 0 aliphatic rings. The number of aromatic nitrogens is 3. The minimum Gasteiger partial charge on any atom is -0.362 e. The summed E-state index contributed by atoms with van der Waals surface area (Å²) in [6, 6.07) is 1.79. The first-order valence-electron chi connectivity index (χ1n) is 10.1. The summed E-state index contributed by atoms with van der Waals surface area (Å²) in [7, 11) is 5.54. The van der Waals surface area contributed by atoms with E-state index in [0.717, 1.165) is 40.3 Å². The zero-order chi connectivity index (χ0) is 22.3. The Kier molecular flexibility index (Phi) is 7.98. The summed E-state index contributed by atoms with van der Waals surface area (Å²) < 4.78 is 1.75. The minimum absolute atomic E-state index is 0.294. The van der Waals surface area contributed by atoms with Gasteiger partial charge >= 0.3 is 6.03 Å². The number of nitrogens with zero attached hydrogens (tertiary/aromatic N) is 4. The van der Waals surface area contributed by atoms with E-state index >= 15 is 0 Å². The molecule has 0 unspecified atom stereocenters. The molecule has 2 N–H and O–H groups in total. The molecule has 0 saturated heterocycles. The quantitative estimate of drug-likeness (QED) is 0.637. The van der Waals surface area contributed by atoms with Crippen LogP contribution in [0.5, 0.6) is 0 Å². The third kappa shape index (κ3) is 5.17. The van der Waals surface area contributed by atoms with Crippen molar-refractivity contribution in [3.05, 3.63) is 47.7 Å². The average Bonchev–Trinajstić information content (AvgIpc) is 3.06. The molecule has 160 valence electrons. The number of carbonyl (C=O) groups is 1. The number of carbonyl (C=O) groups excluding carboxylic acids is 1. The van der Waals surface area contributed by atoms with E-state index in [1.54, 1.807) is 11.7 Å². The maximum Gasteiger partial charge on any atom is 0.320 e. The molecular weight excluding hydrogens is 376 g/mol. The van der Waals surface area contributed by atoms with Gasteiger partial charge in [-0.15, -0.1) is 0 Å². The van der Waals surface area contributed by atoms with E-state index in [2.05, 4.69) is 40.8 Å². The molecule has 0 aliphatic heterocycles. The number of hydrogen-bond donors (Lipinski definition) is 2. The van der Waals surface area contributed by atoms with Gasteiger partial charge in [-0.3, -0.25) is 5.32 Å². The number of anilines is 2. The van der Waals surface area contributed by atoms with Gasteiger partial charge in [-0.25, -0.2) is 14.5 Å². The van der Waals surface area contributed by atoms with Gasteiger partial charge in [0.2, 0.25) is 0 Å². The van der Waals surface area contributed by atoms with Gasteiger partial charge in [0, 0.05) is 49.7 Å². The van der Waals surface area contributed by atoms with Crippen LogP contribution in [0.4, 0.5) is 16.4 Å². The maximum atomic E-state index is 12.0. The van der Waals surface area contributed by atoms with Crippen molar-refractivity contribution < 1.29 is 4.79 Å². The predicted molar refractivity (Wildman–Crippen MR) is 127 cm³/mol. The van der Waals surface area contributed by atoms with Crippen LogP contribution >= 0.6 is 0 Å². The van der Waals surface area contributed by atoms with E-state index in [9.17, 15) is 4.79 Å². The molecule has 2 amide bonds. The fraction of sp³-hybridized carbons (Fsp3) is 0.348. The van der Waals surface area contributed by atoms with Crippen molar-refractivity contribution in [1.29, 1.82) is 0 Å². The molecule has 2 heterocycles. The van der Waals surface area contributed by atoms with Crippen molar-refractivity contribution in [1.82, 2.24) is 20.1 Å². The summed E-state index contributed by atoms with van der Waals surface area (Å²) >= 11 is 0. The second-order valence-corrected chi connectivity index (χ2v) is 7.11. The molecule has 0 fully saturated rings. The first-order valence-corrected chi connectivity index (χ1v) is 10.1. The van der Waals surface area contributed by atoms with E-state index in [1.807, 2.05) is 64.2 Å². The number of allylic oxidation sites excluding steroid dienone is 5. The largest absolute Gasteiger partial charge is 0.362 e. The van der Waals surface area contributed by atoms with Crippen LogP contribution in [0.1, 0.15) is 38.3 Å². The molecule has 0 atom stereocenters. The standard InChI is InChI=1S/C23H32N6O/c1-8-10-12-16(3)29-21(26-23(30)24-5)17(4)20(27-29)19-14-18(13-11-9-2)22(25-15-19)28(6)7/h8,10-15H,9H2,1-7H3,(H2,24,26,30)/b10-8-,13-11+,16-12+. The average molecular weight is 409 g/mol. The third-order valence-electron chi connectivity index (χ3n) is 4.57. The summed E-state index contributed by atoms with van der Waals surface area (Å²) in [6.07, 6.45) is 12.8. The lowest BCUT2D eigenvalue weighted by molar-refractivity contribution is 0.254. The zero-order valence-electron chi connectivity index (χ0n) is 18.9. The molecule has 30 heavy (non-hydrogen) atoms. The molecule has 0 saturated carbocycles. The van der Waals surface area contributed by atoms with Gasteiger partial charge in [0.25, 0.3) is 0 Å². The summed E-state index contributed by atoms with van der Waals surface area (Å²) in [6.45, 7) is 7.96. The monoisotopic (exact) mass is 408 g/mol. The Hall–Kier alpha value is -3.35. The summed E-state index contributed by atoms with van der Waals surface area (Å²) in [5, 5.41) is 10.3. The van der Waals surface area contributed by atoms with E-state index in [4.69, 9.17) is 5.10 Å². The molecule has 0 spiro atoms. The molecule has 0 radical (unpaired) electrons. The van der Waals surface area contributed by atoms with Crippen molar-refractivity contribution in [2.75, 3.05) is 31.4 Å². The third-order valence-corrected chi connectivity index (χ3v) is 4.57. The van der Waals surface area contributed by atoms with Crippen LogP contribution in [-0.4, -0.2) is 41.9 Å². The van der Waals surface area contributed by atoms with Gasteiger partial charge in [-0.1, -0.05) is 31.2 Å². The van der Waals surface area contributed by atoms with Crippen molar-refractivity contribution in [3.63, 3.8) is 0 Å². The normalized spacial score (nSPS) is 12.0. The van der Waals surface area contributed by atoms with Gasteiger partial charge < -0.3 is 10.2 Å². The molecule has 0 aliphatic carbocycles. The Balaban J connectivity index is 2.66. The van der Waals surface area contributed by atoms with Gasteiger partial charge in [0.05, 0.1) is 5.69 Å². The minimum atomic E-state index is -0.294. The summed E-state index contributed by atoms with van der Waals surface area (Å²) in [5.74, 6) is 1.53. The van der Waals surface area contributed by atoms with Gasteiger partial charge in [0.15, 0.2) is 0 Å². The number of hydrogen-bond acceptors (Lipinski definition) is 4. The number of urea groups is 1. The fourth-order valence-corrected chi connectivity index (χ4v) is 2.99. The van der Waals surface area contributed by atoms with Crippen LogP contribution in [0.3, 0.4) is 0 Å². The molecular formula is C23H32N6O. The number of rotatable bonds is 7. The van der Waals surface area contributed by atoms with Crippen LogP contribution < -0.4 is 15.5 Å². The van der Waals surface area contributed by atoms with Crippen LogP contribution in [0, 0.1) is 6.92 Å². The molecule has 2 rings (SSSR count). The lowest BCUT2D eigenvalue weighted by Crippen LogP contribution is -2.26. The number of nitrogens with one attached hydrogen (secondary N) is 2. The van der Waals surface area contributed by atoms with Crippen molar-refractivity contribution in [2.45, 2.75) is 34.1 Å². The molecule has 0 aromatic carbocycles. The van der Waals surface area contributed by atoms with Crippen molar-refractivity contribution >= 4 is 29.4 Å². The van der Waals surface area contributed by atoms with Crippen molar-refractivity contribution in [2.24, 2.45) is 0 Å². The molecule has 2 aromatic heterocycles. The maximum absolute atomic E-state index is 12.0. The van der Waals surface area contributed by atoms with E-state index in [1.165, 1.54) is 0 Å². The lowest BCUT2D eigenvalue weighted by Gasteiger charge is -2.15. The summed E-state index contributed by atoms with van der Waals surface area (Å²) in [4.78, 5) is 18.7. The lowest BCUT2D eigenvalue weighted by atomic mass is 10.1. The van der Waals surface area contributed by atoms with E-state index < -0.39 is 0 Å². The molecule has 2 aromatic rings. The Labute approximate surface area is 179 Å². The van der Waals surface area contributed by atoms with Gasteiger partial charge in [0.1, 0.15) is 11.6 Å². The first-order chi connectivity index (χ1) is 14.3. The predicted octanol–water partition coefficient (Wildman–Crippen LogP) is 4.93. The van der Waals surface area contributed by atoms with E-state index in [0.29, 0.717) is 5.82 Å².